The second-order valence-electron chi connectivity index (χ2n) is 5.72. The summed E-state index contributed by atoms with van der Waals surface area (Å²) < 4.78 is 6.52. The molecule has 9 heteroatoms. The first-order valence-electron chi connectivity index (χ1n) is 8.08. The van der Waals surface area contributed by atoms with Crippen molar-refractivity contribution in [1.29, 1.82) is 0 Å². The van der Waals surface area contributed by atoms with Crippen LogP contribution in [0, 0.1) is 0 Å². The van der Waals surface area contributed by atoms with Crippen LogP contribution in [-0.2, 0) is 9.53 Å². The van der Waals surface area contributed by atoms with E-state index >= 15 is 0 Å². The van der Waals surface area contributed by atoms with Gasteiger partial charge in [-0.05, 0) is 59.3 Å². The zero-order valence-corrected chi connectivity index (χ0v) is 15.1. The fourth-order valence-electron chi connectivity index (χ4n) is 2.36. The number of esters is 1. The number of nitrogens with one attached hydrogen (secondary N) is 1. The molecule has 1 atom stereocenters. The minimum absolute atomic E-state index is 0.232. The largest absolute Gasteiger partial charge is 0.452 e. The number of benzene rings is 2. The molecule has 1 heterocycles. The molecule has 8 nitrogen and oxygen atoms in total. The molecule has 0 saturated carbocycles. The van der Waals surface area contributed by atoms with Gasteiger partial charge in [0.1, 0.15) is 6.33 Å². The highest BCUT2D eigenvalue weighted by Gasteiger charge is 2.13. The van der Waals surface area contributed by atoms with Crippen LogP contribution in [0.4, 0.5) is 0 Å². The van der Waals surface area contributed by atoms with E-state index in [4.69, 9.17) is 16.3 Å². The Hall–Kier alpha value is -3.26. The van der Waals surface area contributed by atoms with Crippen molar-refractivity contribution in [2.24, 2.45) is 0 Å². The second kappa shape index (κ2) is 8.41. The number of tetrazole rings is 1. The highest BCUT2D eigenvalue weighted by Crippen LogP contribution is 2.16. The summed E-state index contributed by atoms with van der Waals surface area (Å²) in [6.45, 7) is 1.46. The number of ether oxygens (including phenoxy) is 1. The highest BCUT2D eigenvalue weighted by atomic mass is 35.5. The van der Waals surface area contributed by atoms with Crippen molar-refractivity contribution in [2.45, 2.75) is 13.0 Å². The summed E-state index contributed by atoms with van der Waals surface area (Å²) in [6.07, 6.45) is 1.44. The minimum Gasteiger partial charge on any atom is -0.452 e. The van der Waals surface area contributed by atoms with Gasteiger partial charge in [-0.25, -0.2) is 9.48 Å². The maximum Gasteiger partial charge on any atom is 0.338 e. The molecule has 0 saturated heterocycles. The number of carbonyl (C=O) groups is 2. The molecule has 2 aromatic carbocycles. The van der Waals surface area contributed by atoms with Gasteiger partial charge in [-0.3, -0.25) is 4.79 Å². The first-order chi connectivity index (χ1) is 13.0. The SMILES string of the molecule is C[C@@H](NC(=O)COC(=O)c1ccc(-n2cnnn2)cc1)c1ccc(Cl)cc1. The lowest BCUT2D eigenvalue weighted by Gasteiger charge is -2.14. The highest BCUT2D eigenvalue weighted by molar-refractivity contribution is 6.30. The van der Waals surface area contributed by atoms with Gasteiger partial charge in [0.2, 0.25) is 0 Å². The second-order valence-corrected chi connectivity index (χ2v) is 6.15. The number of nitrogens with zero attached hydrogens (tertiary/aromatic N) is 4. The van der Waals surface area contributed by atoms with E-state index in [9.17, 15) is 9.59 Å². The Bertz CT molecular complexity index is 911. The van der Waals surface area contributed by atoms with Crippen LogP contribution in [0.1, 0.15) is 28.9 Å². The van der Waals surface area contributed by atoms with Crippen LogP contribution >= 0.6 is 11.6 Å². The Kier molecular flexibility index (Phi) is 5.77. The third-order valence-electron chi connectivity index (χ3n) is 3.80. The molecular weight excluding hydrogens is 370 g/mol. The van der Waals surface area contributed by atoms with Gasteiger partial charge in [0.15, 0.2) is 6.61 Å². The van der Waals surface area contributed by atoms with Crippen LogP contribution in [0.3, 0.4) is 0 Å². The van der Waals surface area contributed by atoms with Gasteiger partial charge in [-0.2, -0.15) is 0 Å². The Labute approximate surface area is 160 Å². The molecule has 1 N–H and O–H groups in total. The third-order valence-corrected chi connectivity index (χ3v) is 4.05. The van der Waals surface area contributed by atoms with Crippen LogP contribution in [-0.4, -0.2) is 38.7 Å². The molecule has 0 aliphatic carbocycles. The molecule has 0 fully saturated rings. The van der Waals surface area contributed by atoms with Crippen LogP contribution in [0.15, 0.2) is 54.9 Å². The summed E-state index contributed by atoms with van der Waals surface area (Å²) in [5.41, 5.74) is 1.92. The lowest BCUT2D eigenvalue weighted by atomic mass is 10.1. The number of amides is 1. The van der Waals surface area contributed by atoms with Gasteiger partial charge in [0.05, 0.1) is 17.3 Å². The zero-order valence-electron chi connectivity index (χ0n) is 14.4. The van der Waals surface area contributed by atoms with Crippen molar-refractivity contribution in [2.75, 3.05) is 6.61 Å². The van der Waals surface area contributed by atoms with Gasteiger partial charge in [-0.1, -0.05) is 23.7 Å². The number of rotatable bonds is 6. The minimum atomic E-state index is -0.590. The van der Waals surface area contributed by atoms with Gasteiger partial charge in [0.25, 0.3) is 5.91 Å². The zero-order chi connectivity index (χ0) is 19.2. The molecule has 27 heavy (non-hydrogen) atoms. The molecule has 0 spiro atoms. The summed E-state index contributed by atoms with van der Waals surface area (Å²) in [7, 11) is 0. The monoisotopic (exact) mass is 385 g/mol. The summed E-state index contributed by atoms with van der Waals surface area (Å²) >= 11 is 5.85. The Morgan fingerprint density at radius 1 is 1.15 bits per heavy atom. The number of carbonyl (C=O) groups excluding carboxylic acids is 2. The van der Waals surface area contributed by atoms with Crippen molar-refractivity contribution in [3.05, 3.63) is 71.0 Å². The smallest absolute Gasteiger partial charge is 0.338 e. The van der Waals surface area contributed by atoms with E-state index in [1.54, 1.807) is 36.4 Å². The molecular formula is C18H16ClN5O3. The molecule has 0 aliphatic heterocycles. The molecule has 0 radical (unpaired) electrons. The van der Waals surface area contributed by atoms with Gasteiger partial charge in [0, 0.05) is 5.02 Å². The van der Waals surface area contributed by atoms with Crippen LogP contribution in [0.25, 0.3) is 5.69 Å². The predicted molar refractivity (Wildman–Crippen MR) is 97.4 cm³/mol. The Morgan fingerprint density at radius 2 is 1.85 bits per heavy atom. The average molecular weight is 386 g/mol. The molecule has 1 amide bonds. The van der Waals surface area contributed by atoms with E-state index < -0.39 is 11.9 Å². The molecule has 0 unspecified atom stereocenters. The van der Waals surface area contributed by atoms with Gasteiger partial charge in [-0.15, -0.1) is 5.10 Å². The molecule has 0 bridgehead atoms. The van der Waals surface area contributed by atoms with Crippen molar-refractivity contribution in [3.63, 3.8) is 0 Å². The summed E-state index contributed by atoms with van der Waals surface area (Å²) in [4.78, 5) is 24.1. The summed E-state index contributed by atoms with van der Waals surface area (Å²) in [6, 6.07) is 13.4. The van der Waals surface area contributed by atoms with E-state index in [1.807, 2.05) is 19.1 Å². The van der Waals surface area contributed by atoms with Gasteiger partial charge < -0.3 is 10.1 Å². The Balaban J connectivity index is 1.51. The first-order valence-corrected chi connectivity index (χ1v) is 8.46. The van der Waals surface area contributed by atoms with Crippen LogP contribution in [0.2, 0.25) is 5.02 Å². The molecule has 138 valence electrons. The van der Waals surface area contributed by atoms with Crippen LogP contribution < -0.4 is 5.32 Å². The molecule has 3 aromatic rings. The normalized spacial score (nSPS) is 11.6. The standard InChI is InChI=1S/C18H16ClN5O3/c1-12(13-2-6-15(19)7-3-13)21-17(25)10-27-18(26)14-4-8-16(9-5-14)24-11-20-22-23-24/h2-9,11-12H,10H2,1H3,(H,21,25)/t12-/m1/s1. The fraction of sp³-hybridized carbons (Fsp3) is 0.167. The maximum atomic E-state index is 12.1. The van der Waals surface area contributed by atoms with Crippen molar-refractivity contribution in [1.82, 2.24) is 25.5 Å². The number of aromatic nitrogens is 4. The average Bonchev–Trinajstić information content (AvgIpc) is 3.21. The van der Waals surface area contributed by atoms with E-state index in [1.165, 1.54) is 11.0 Å². The topological polar surface area (TPSA) is 99.0 Å². The summed E-state index contributed by atoms with van der Waals surface area (Å²) in [5, 5.41) is 14.2. The fourth-order valence-corrected chi connectivity index (χ4v) is 2.49. The molecule has 1 aromatic heterocycles. The molecule has 0 aliphatic rings. The Morgan fingerprint density at radius 3 is 2.48 bits per heavy atom. The number of hydrogen-bond acceptors (Lipinski definition) is 6. The quantitative estimate of drug-likeness (QED) is 0.654. The van der Waals surface area contributed by atoms with Gasteiger partial charge >= 0.3 is 5.97 Å². The lowest BCUT2D eigenvalue weighted by molar-refractivity contribution is -0.124. The third kappa shape index (κ3) is 4.89. The van der Waals surface area contributed by atoms with E-state index in [2.05, 4.69) is 20.8 Å². The van der Waals surface area contributed by atoms with Crippen LogP contribution in [0.5, 0.6) is 0 Å². The summed E-state index contributed by atoms with van der Waals surface area (Å²) in [5.74, 6) is -0.983. The van der Waals surface area contributed by atoms with Crippen molar-refractivity contribution < 1.29 is 14.3 Å². The lowest BCUT2D eigenvalue weighted by Crippen LogP contribution is -2.31. The predicted octanol–water partition coefficient (Wildman–Crippen LogP) is 2.35. The van der Waals surface area contributed by atoms with Crippen molar-refractivity contribution >= 4 is 23.5 Å². The first kappa shape index (κ1) is 18.5. The van der Waals surface area contributed by atoms with E-state index in [0.717, 1.165) is 5.56 Å². The molecule has 3 rings (SSSR count). The van der Waals surface area contributed by atoms with E-state index in [-0.39, 0.29) is 12.6 Å². The van der Waals surface area contributed by atoms with E-state index in [0.29, 0.717) is 16.3 Å². The number of halogens is 1. The number of hydrogen-bond donors (Lipinski definition) is 1. The van der Waals surface area contributed by atoms with Crippen molar-refractivity contribution in [3.8, 4) is 5.69 Å². The maximum absolute atomic E-state index is 12.1.